The minimum Gasteiger partial charge on any atom is -0.382 e. The maximum absolute atomic E-state index is 12.1. The number of benzene rings is 1. The molecule has 21 heavy (non-hydrogen) atoms. The van der Waals surface area contributed by atoms with Crippen LogP contribution in [0.5, 0.6) is 0 Å². The van der Waals surface area contributed by atoms with Crippen LogP contribution >= 0.6 is 0 Å². The number of nitrogens with one attached hydrogen (secondary N) is 1. The van der Waals surface area contributed by atoms with E-state index in [2.05, 4.69) is 10.1 Å². The molecule has 120 valence electrons. The molecule has 4 nitrogen and oxygen atoms in total. The van der Waals surface area contributed by atoms with Crippen molar-refractivity contribution >= 4 is 15.5 Å². The normalized spacial score (nSPS) is 12.4. The number of rotatable bonds is 8. The van der Waals surface area contributed by atoms with E-state index < -0.39 is 22.6 Å². The Morgan fingerprint density at radius 3 is 2.52 bits per heavy atom. The number of halogens is 3. The van der Waals surface area contributed by atoms with Gasteiger partial charge in [-0.25, -0.2) is 8.42 Å². The van der Waals surface area contributed by atoms with Crippen LogP contribution in [0.2, 0.25) is 0 Å². The van der Waals surface area contributed by atoms with Crippen LogP contribution in [0.3, 0.4) is 0 Å². The number of anilines is 1. The maximum atomic E-state index is 12.1. The lowest BCUT2D eigenvalue weighted by molar-refractivity contribution is -0.172. The molecule has 0 saturated carbocycles. The summed E-state index contributed by atoms with van der Waals surface area (Å²) in [6.07, 6.45) is -3.87. The Hall–Kier alpha value is -1.28. The standard InChI is InChI=1S/C13H18F3NO3S/c1-2-9-21(18,19)12-6-4-3-5-11(12)17-7-8-20-10-13(14,15)16/h3-6,17H,2,7-10H2,1H3. The summed E-state index contributed by atoms with van der Waals surface area (Å²) in [5, 5.41) is 2.79. The summed E-state index contributed by atoms with van der Waals surface area (Å²) >= 11 is 0. The predicted molar refractivity (Wildman–Crippen MR) is 74.1 cm³/mol. The molecule has 0 aliphatic heterocycles. The molecular weight excluding hydrogens is 307 g/mol. The van der Waals surface area contributed by atoms with Crippen LogP contribution in [0.4, 0.5) is 18.9 Å². The van der Waals surface area contributed by atoms with E-state index in [0.29, 0.717) is 12.1 Å². The first-order valence-corrected chi connectivity index (χ1v) is 8.11. The molecule has 0 aromatic heterocycles. The van der Waals surface area contributed by atoms with Crippen LogP contribution in [0.1, 0.15) is 13.3 Å². The van der Waals surface area contributed by atoms with Gasteiger partial charge in [0.2, 0.25) is 0 Å². The lowest BCUT2D eigenvalue weighted by Gasteiger charge is -2.13. The first-order chi connectivity index (χ1) is 9.76. The van der Waals surface area contributed by atoms with Crippen molar-refractivity contribution in [2.75, 3.05) is 30.8 Å². The van der Waals surface area contributed by atoms with Gasteiger partial charge >= 0.3 is 6.18 Å². The van der Waals surface area contributed by atoms with Crippen molar-refractivity contribution in [3.8, 4) is 0 Å². The molecule has 0 unspecified atom stereocenters. The lowest BCUT2D eigenvalue weighted by Crippen LogP contribution is -2.20. The molecule has 1 rings (SSSR count). The third-order valence-corrected chi connectivity index (χ3v) is 4.49. The topological polar surface area (TPSA) is 55.4 Å². The van der Waals surface area contributed by atoms with Crippen molar-refractivity contribution in [1.29, 1.82) is 0 Å². The lowest BCUT2D eigenvalue weighted by atomic mass is 10.3. The quantitative estimate of drug-likeness (QED) is 0.747. The van der Waals surface area contributed by atoms with Gasteiger partial charge in [0.25, 0.3) is 0 Å². The van der Waals surface area contributed by atoms with Crippen molar-refractivity contribution in [1.82, 2.24) is 0 Å². The highest BCUT2D eigenvalue weighted by atomic mass is 32.2. The fourth-order valence-electron chi connectivity index (χ4n) is 1.71. The fourth-order valence-corrected chi connectivity index (χ4v) is 3.23. The number of alkyl halides is 3. The van der Waals surface area contributed by atoms with E-state index in [1.807, 2.05) is 0 Å². The van der Waals surface area contributed by atoms with Gasteiger partial charge in [0.15, 0.2) is 9.84 Å². The Balaban J connectivity index is 2.60. The summed E-state index contributed by atoms with van der Waals surface area (Å²) in [4.78, 5) is 0.155. The van der Waals surface area contributed by atoms with E-state index in [1.165, 1.54) is 6.07 Å². The highest BCUT2D eigenvalue weighted by Crippen LogP contribution is 2.22. The smallest absolute Gasteiger partial charge is 0.382 e. The van der Waals surface area contributed by atoms with Gasteiger partial charge in [-0.05, 0) is 18.6 Å². The molecule has 0 atom stereocenters. The van der Waals surface area contributed by atoms with Crippen LogP contribution in [-0.4, -0.2) is 40.1 Å². The summed E-state index contributed by atoms with van der Waals surface area (Å²) in [5.41, 5.74) is 0.376. The van der Waals surface area contributed by atoms with E-state index in [9.17, 15) is 21.6 Å². The zero-order valence-electron chi connectivity index (χ0n) is 11.6. The Labute approximate surface area is 122 Å². The second-order valence-electron chi connectivity index (χ2n) is 4.41. The predicted octanol–water partition coefficient (Wildman–Crippen LogP) is 2.86. The van der Waals surface area contributed by atoms with Crippen molar-refractivity contribution in [2.24, 2.45) is 0 Å². The average Bonchev–Trinajstić information content (AvgIpc) is 2.37. The summed E-state index contributed by atoms with van der Waals surface area (Å²) in [5.74, 6) is 0.0241. The van der Waals surface area contributed by atoms with Gasteiger partial charge in [0, 0.05) is 6.54 Å². The highest BCUT2D eigenvalue weighted by molar-refractivity contribution is 7.91. The number of sulfone groups is 1. The van der Waals surface area contributed by atoms with Crippen molar-refractivity contribution in [2.45, 2.75) is 24.4 Å². The van der Waals surface area contributed by atoms with E-state index >= 15 is 0 Å². The van der Waals surface area contributed by atoms with Gasteiger partial charge in [-0.3, -0.25) is 0 Å². The summed E-state index contributed by atoms with van der Waals surface area (Å²) in [6.45, 7) is 0.374. The molecule has 8 heteroatoms. The van der Waals surface area contributed by atoms with Crippen LogP contribution in [0.15, 0.2) is 29.2 Å². The van der Waals surface area contributed by atoms with Gasteiger partial charge in [-0.2, -0.15) is 13.2 Å². The Bertz CT molecular complexity index is 544. The van der Waals surface area contributed by atoms with Crippen LogP contribution in [-0.2, 0) is 14.6 Å². The molecule has 0 heterocycles. The third kappa shape index (κ3) is 6.34. The monoisotopic (exact) mass is 325 g/mol. The molecule has 0 aliphatic rings. The zero-order chi connectivity index (χ0) is 15.9. The van der Waals surface area contributed by atoms with Crippen molar-refractivity contribution < 1.29 is 26.3 Å². The van der Waals surface area contributed by atoms with Crippen molar-refractivity contribution in [3.63, 3.8) is 0 Å². The molecule has 0 bridgehead atoms. The highest BCUT2D eigenvalue weighted by Gasteiger charge is 2.27. The summed E-state index contributed by atoms with van der Waals surface area (Å²) in [6, 6.07) is 6.31. The molecule has 1 aromatic rings. The summed E-state index contributed by atoms with van der Waals surface area (Å²) < 4.78 is 64.2. The van der Waals surface area contributed by atoms with Crippen LogP contribution in [0.25, 0.3) is 0 Å². The van der Waals surface area contributed by atoms with E-state index in [-0.39, 0.29) is 23.8 Å². The van der Waals surface area contributed by atoms with Crippen molar-refractivity contribution in [3.05, 3.63) is 24.3 Å². The number of hydrogen-bond donors (Lipinski definition) is 1. The van der Waals surface area contributed by atoms with Gasteiger partial charge in [0.05, 0.1) is 22.9 Å². The second-order valence-corrected chi connectivity index (χ2v) is 6.49. The maximum Gasteiger partial charge on any atom is 0.411 e. The first-order valence-electron chi connectivity index (χ1n) is 6.46. The molecular formula is C13H18F3NO3S. The third-order valence-electron chi connectivity index (χ3n) is 2.52. The molecule has 0 spiro atoms. The van der Waals surface area contributed by atoms with Crippen LogP contribution in [0, 0.1) is 0 Å². The molecule has 0 aliphatic carbocycles. The zero-order valence-corrected chi connectivity index (χ0v) is 12.4. The Morgan fingerprint density at radius 1 is 1.24 bits per heavy atom. The van der Waals surface area contributed by atoms with E-state index in [0.717, 1.165) is 0 Å². The molecule has 1 N–H and O–H groups in total. The summed E-state index contributed by atoms with van der Waals surface area (Å²) in [7, 11) is -3.39. The molecule has 0 radical (unpaired) electrons. The molecule has 0 saturated heterocycles. The fraction of sp³-hybridized carbons (Fsp3) is 0.538. The molecule has 0 fully saturated rings. The largest absolute Gasteiger partial charge is 0.411 e. The van der Waals surface area contributed by atoms with Gasteiger partial charge < -0.3 is 10.1 Å². The van der Waals surface area contributed by atoms with Gasteiger partial charge in [-0.1, -0.05) is 19.1 Å². The van der Waals surface area contributed by atoms with Gasteiger partial charge in [0.1, 0.15) is 6.61 Å². The number of ether oxygens (including phenoxy) is 1. The first kappa shape index (κ1) is 17.8. The van der Waals surface area contributed by atoms with E-state index in [1.54, 1.807) is 25.1 Å². The van der Waals surface area contributed by atoms with Crippen LogP contribution < -0.4 is 5.32 Å². The Morgan fingerprint density at radius 2 is 1.90 bits per heavy atom. The number of hydrogen-bond acceptors (Lipinski definition) is 4. The average molecular weight is 325 g/mol. The van der Waals surface area contributed by atoms with E-state index in [4.69, 9.17) is 0 Å². The minimum atomic E-state index is -4.36. The Kier molecular flexibility index (Phi) is 6.47. The minimum absolute atomic E-state index is 0.0241. The molecule has 1 aromatic carbocycles. The second kappa shape index (κ2) is 7.65. The molecule has 0 amide bonds. The SMILES string of the molecule is CCCS(=O)(=O)c1ccccc1NCCOCC(F)(F)F. The van der Waals surface area contributed by atoms with Gasteiger partial charge in [-0.15, -0.1) is 0 Å². The number of para-hydroxylation sites is 1.